The van der Waals surface area contributed by atoms with Crippen molar-refractivity contribution in [1.29, 1.82) is 0 Å². The Bertz CT molecular complexity index is 744. The highest BCUT2D eigenvalue weighted by Crippen LogP contribution is 2.28. The van der Waals surface area contributed by atoms with Gasteiger partial charge in [0.05, 0.1) is 5.75 Å². The van der Waals surface area contributed by atoms with Gasteiger partial charge in [-0.1, -0.05) is 30.3 Å². The molecule has 2 amide bonds. The van der Waals surface area contributed by atoms with Crippen LogP contribution in [0.3, 0.4) is 0 Å². The second-order valence-electron chi connectivity index (χ2n) is 5.17. The van der Waals surface area contributed by atoms with Gasteiger partial charge in [0.1, 0.15) is 11.6 Å². The van der Waals surface area contributed by atoms with E-state index in [0.29, 0.717) is 17.1 Å². The van der Waals surface area contributed by atoms with Gasteiger partial charge in [-0.3, -0.25) is 20.4 Å². The number of hydrogen-bond acceptors (Lipinski definition) is 4. The van der Waals surface area contributed by atoms with Crippen LogP contribution >= 0.6 is 11.8 Å². The SMILES string of the molecule is O=C(CSc1ccccc1F)NNC(=O)[C@@H]1Cc2ccccc2O1. The summed E-state index contributed by atoms with van der Waals surface area (Å²) in [6, 6.07) is 13.6. The Morgan fingerprint density at radius 1 is 1.12 bits per heavy atom. The first kappa shape index (κ1) is 16.3. The van der Waals surface area contributed by atoms with Gasteiger partial charge in [0.25, 0.3) is 5.91 Å². The largest absolute Gasteiger partial charge is 0.480 e. The number of hydrazine groups is 1. The van der Waals surface area contributed by atoms with Crippen molar-refractivity contribution in [3.8, 4) is 5.75 Å². The lowest BCUT2D eigenvalue weighted by molar-refractivity contribution is -0.131. The van der Waals surface area contributed by atoms with E-state index in [4.69, 9.17) is 4.74 Å². The summed E-state index contributed by atoms with van der Waals surface area (Å²) in [5, 5.41) is 0. The molecule has 0 spiro atoms. The molecule has 3 rings (SSSR count). The van der Waals surface area contributed by atoms with Crippen molar-refractivity contribution in [2.24, 2.45) is 0 Å². The van der Waals surface area contributed by atoms with Crippen LogP contribution in [-0.4, -0.2) is 23.7 Å². The molecule has 0 radical (unpaired) electrons. The van der Waals surface area contributed by atoms with Crippen molar-refractivity contribution in [1.82, 2.24) is 10.9 Å². The maximum absolute atomic E-state index is 13.4. The normalized spacial score (nSPS) is 15.3. The summed E-state index contributed by atoms with van der Waals surface area (Å²) >= 11 is 1.06. The molecule has 2 aromatic rings. The van der Waals surface area contributed by atoms with Crippen molar-refractivity contribution < 1.29 is 18.7 Å². The molecule has 0 unspecified atom stereocenters. The van der Waals surface area contributed by atoms with Gasteiger partial charge >= 0.3 is 0 Å². The molecule has 0 saturated heterocycles. The van der Waals surface area contributed by atoms with Gasteiger partial charge in [0.2, 0.25) is 5.91 Å². The average Bonchev–Trinajstić information content (AvgIpc) is 3.03. The van der Waals surface area contributed by atoms with Crippen LogP contribution in [-0.2, 0) is 16.0 Å². The van der Waals surface area contributed by atoms with Crippen LogP contribution < -0.4 is 15.6 Å². The van der Waals surface area contributed by atoms with Gasteiger partial charge in [-0.15, -0.1) is 11.8 Å². The average molecular weight is 346 g/mol. The lowest BCUT2D eigenvalue weighted by atomic mass is 10.1. The van der Waals surface area contributed by atoms with Gasteiger partial charge in [-0.25, -0.2) is 4.39 Å². The minimum Gasteiger partial charge on any atom is -0.480 e. The number of carbonyl (C=O) groups is 2. The standard InChI is InChI=1S/C17H15FN2O3S/c18-12-6-2-4-8-15(12)24-10-16(21)19-20-17(22)14-9-11-5-1-3-7-13(11)23-14/h1-8,14H,9-10H2,(H,19,21)(H,20,22)/t14-/m0/s1. The lowest BCUT2D eigenvalue weighted by Gasteiger charge is -2.12. The predicted molar refractivity (Wildman–Crippen MR) is 88.0 cm³/mol. The summed E-state index contributed by atoms with van der Waals surface area (Å²) < 4.78 is 19.0. The van der Waals surface area contributed by atoms with E-state index < -0.39 is 17.9 Å². The highest BCUT2D eigenvalue weighted by molar-refractivity contribution is 8.00. The molecule has 5 nitrogen and oxygen atoms in total. The number of nitrogens with one attached hydrogen (secondary N) is 2. The number of carbonyl (C=O) groups excluding carboxylic acids is 2. The molecule has 0 saturated carbocycles. The van der Waals surface area contributed by atoms with Crippen LogP contribution in [0.15, 0.2) is 53.4 Å². The molecule has 1 aliphatic rings. The predicted octanol–water partition coefficient (Wildman–Crippen LogP) is 2.07. The summed E-state index contributed by atoms with van der Waals surface area (Å²) in [7, 11) is 0. The molecule has 1 aliphatic heterocycles. The Hall–Kier alpha value is -2.54. The number of hydrogen-bond donors (Lipinski definition) is 2. The second-order valence-corrected chi connectivity index (χ2v) is 6.19. The summed E-state index contributed by atoms with van der Waals surface area (Å²) in [5.74, 6) is -0.550. The lowest BCUT2D eigenvalue weighted by Crippen LogP contribution is -2.48. The van der Waals surface area contributed by atoms with Gasteiger partial charge in [0.15, 0.2) is 6.10 Å². The third kappa shape index (κ3) is 3.86. The van der Waals surface area contributed by atoms with E-state index in [1.807, 2.05) is 18.2 Å². The highest BCUT2D eigenvalue weighted by Gasteiger charge is 2.28. The minimum atomic E-state index is -0.665. The van der Waals surface area contributed by atoms with Crippen LogP contribution in [0.4, 0.5) is 4.39 Å². The van der Waals surface area contributed by atoms with Crippen molar-refractivity contribution in [3.05, 3.63) is 59.9 Å². The van der Waals surface area contributed by atoms with E-state index in [9.17, 15) is 14.0 Å². The topological polar surface area (TPSA) is 67.4 Å². The monoisotopic (exact) mass is 346 g/mol. The summed E-state index contributed by atoms with van der Waals surface area (Å²) in [5.41, 5.74) is 5.61. The van der Waals surface area contributed by atoms with Crippen molar-refractivity contribution in [2.45, 2.75) is 17.4 Å². The fourth-order valence-electron chi connectivity index (χ4n) is 2.28. The zero-order valence-electron chi connectivity index (χ0n) is 12.6. The molecule has 24 heavy (non-hydrogen) atoms. The molecule has 124 valence electrons. The molecular formula is C17H15FN2O3S. The Labute approximate surface area is 142 Å². The number of benzene rings is 2. The number of halogens is 1. The third-order valence-corrected chi connectivity index (χ3v) is 4.51. The number of thioether (sulfide) groups is 1. The minimum absolute atomic E-state index is 0.00698. The smallest absolute Gasteiger partial charge is 0.279 e. The number of amides is 2. The Kier molecular flexibility index (Phi) is 5.00. The molecule has 1 atom stereocenters. The quantitative estimate of drug-likeness (QED) is 0.657. The third-order valence-electron chi connectivity index (χ3n) is 3.46. The molecule has 0 aromatic heterocycles. The van der Waals surface area contributed by atoms with Crippen LogP contribution in [0.25, 0.3) is 0 Å². The van der Waals surface area contributed by atoms with Crippen molar-refractivity contribution in [2.75, 3.05) is 5.75 Å². The Morgan fingerprint density at radius 2 is 1.88 bits per heavy atom. The van der Waals surface area contributed by atoms with Crippen LogP contribution in [0.5, 0.6) is 5.75 Å². The first-order valence-electron chi connectivity index (χ1n) is 7.34. The maximum atomic E-state index is 13.4. The molecule has 0 aliphatic carbocycles. The van der Waals surface area contributed by atoms with Gasteiger partial charge in [-0.2, -0.15) is 0 Å². The van der Waals surface area contributed by atoms with Crippen LogP contribution in [0, 0.1) is 5.82 Å². The Morgan fingerprint density at radius 3 is 2.67 bits per heavy atom. The highest BCUT2D eigenvalue weighted by atomic mass is 32.2. The van der Waals surface area contributed by atoms with E-state index in [1.165, 1.54) is 6.07 Å². The van der Waals surface area contributed by atoms with E-state index >= 15 is 0 Å². The van der Waals surface area contributed by atoms with E-state index in [0.717, 1.165) is 17.3 Å². The van der Waals surface area contributed by atoms with Gasteiger partial charge in [-0.05, 0) is 23.8 Å². The molecule has 0 fully saturated rings. The van der Waals surface area contributed by atoms with Crippen LogP contribution in [0.2, 0.25) is 0 Å². The fraction of sp³-hybridized carbons (Fsp3) is 0.176. The second kappa shape index (κ2) is 7.35. The summed E-state index contributed by atoms with van der Waals surface area (Å²) in [4.78, 5) is 24.2. The van der Waals surface area contributed by atoms with E-state index in [1.54, 1.807) is 24.3 Å². The van der Waals surface area contributed by atoms with E-state index in [-0.39, 0.29) is 11.6 Å². The first-order valence-corrected chi connectivity index (χ1v) is 8.32. The zero-order valence-corrected chi connectivity index (χ0v) is 13.4. The molecular weight excluding hydrogens is 331 g/mol. The van der Waals surface area contributed by atoms with Crippen LogP contribution in [0.1, 0.15) is 5.56 Å². The fourth-order valence-corrected chi connectivity index (χ4v) is 3.02. The molecule has 1 heterocycles. The van der Waals surface area contributed by atoms with Crippen molar-refractivity contribution >= 4 is 23.6 Å². The molecule has 7 heteroatoms. The molecule has 2 aromatic carbocycles. The number of rotatable bonds is 4. The zero-order chi connectivity index (χ0) is 16.9. The summed E-state index contributed by atoms with van der Waals surface area (Å²) in [6.45, 7) is 0. The molecule has 2 N–H and O–H groups in total. The number of ether oxygens (including phenoxy) is 1. The Balaban J connectivity index is 1.44. The number of para-hydroxylation sites is 1. The molecule has 0 bridgehead atoms. The van der Waals surface area contributed by atoms with Crippen molar-refractivity contribution in [3.63, 3.8) is 0 Å². The summed E-state index contributed by atoms with van der Waals surface area (Å²) in [6.07, 6.45) is -0.205. The maximum Gasteiger partial charge on any atom is 0.279 e. The van der Waals surface area contributed by atoms with E-state index in [2.05, 4.69) is 10.9 Å². The first-order chi connectivity index (χ1) is 11.6. The van der Waals surface area contributed by atoms with Gasteiger partial charge in [0, 0.05) is 11.3 Å². The van der Waals surface area contributed by atoms with Gasteiger partial charge < -0.3 is 4.74 Å². The number of fused-ring (bicyclic) bond motifs is 1.